The molecule has 1 atom stereocenters. The third-order valence-electron chi connectivity index (χ3n) is 4.67. The minimum absolute atomic E-state index is 0.124. The lowest BCUT2D eigenvalue weighted by molar-refractivity contribution is -0.119. The van der Waals surface area contributed by atoms with Gasteiger partial charge in [0, 0.05) is 28.8 Å². The van der Waals surface area contributed by atoms with Crippen molar-refractivity contribution in [2.75, 3.05) is 16.9 Å². The lowest BCUT2D eigenvalue weighted by Gasteiger charge is -2.23. The number of thioether (sulfide) groups is 1. The van der Waals surface area contributed by atoms with Crippen molar-refractivity contribution >= 4 is 29.3 Å². The molecule has 3 aromatic rings. The molecule has 2 heterocycles. The first kappa shape index (κ1) is 19.1. The Morgan fingerprint density at radius 2 is 1.93 bits per heavy atom. The van der Waals surface area contributed by atoms with Crippen LogP contribution in [0.15, 0.2) is 66.9 Å². The van der Waals surface area contributed by atoms with Crippen LogP contribution in [0.1, 0.15) is 16.2 Å². The van der Waals surface area contributed by atoms with Gasteiger partial charge in [-0.25, -0.2) is 9.97 Å². The molecule has 1 aromatic heterocycles. The molecule has 1 aliphatic rings. The van der Waals surface area contributed by atoms with Crippen molar-refractivity contribution in [1.29, 1.82) is 0 Å². The number of carbonyl (C=O) groups excluding carboxylic acids is 2. The average molecular weight is 404 g/mol. The van der Waals surface area contributed by atoms with Gasteiger partial charge in [-0.1, -0.05) is 30.3 Å². The number of nitrogens with one attached hydrogen (secondary N) is 1. The minimum Gasteiger partial charge on any atom is -0.324 e. The lowest BCUT2D eigenvalue weighted by atomic mass is 10.1. The van der Waals surface area contributed by atoms with Crippen LogP contribution in [0.3, 0.4) is 0 Å². The molecule has 0 bridgehead atoms. The topological polar surface area (TPSA) is 75.2 Å². The maximum absolute atomic E-state index is 12.9. The standard InChI is InChI=1S/C22H20N4O2S/c1-15-23-11-10-19(24-15)17-8-5-9-18(12-17)25-21(27)20-13-29-14-26(20)22(28)16-6-3-2-4-7-16/h2-12,20H,13-14H2,1H3,(H,25,27)/t20-/m0/s1. The van der Waals surface area contributed by atoms with Crippen molar-refractivity contribution in [2.45, 2.75) is 13.0 Å². The van der Waals surface area contributed by atoms with Crippen LogP contribution in [0.25, 0.3) is 11.3 Å². The van der Waals surface area contributed by atoms with Gasteiger partial charge in [-0.05, 0) is 37.3 Å². The Hall–Kier alpha value is -3.19. The molecule has 1 saturated heterocycles. The zero-order valence-corrected chi connectivity index (χ0v) is 16.7. The summed E-state index contributed by atoms with van der Waals surface area (Å²) >= 11 is 1.58. The van der Waals surface area contributed by atoms with Gasteiger partial charge in [0.15, 0.2) is 0 Å². The van der Waals surface area contributed by atoms with Gasteiger partial charge in [0.1, 0.15) is 11.9 Å². The molecule has 0 saturated carbocycles. The van der Waals surface area contributed by atoms with E-state index in [0.29, 0.717) is 28.7 Å². The second-order valence-electron chi connectivity index (χ2n) is 6.72. The van der Waals surface area contributed by atoms with Gasteiger partial charge in [0.2, 0.25) is 5.91 Å². The van der Waals surface area contributed by atoms with Crippen molar-refractivity contribution < 1.29 is 9.59 Å². The second-order valence-corrected chi connectivity index (χ2v) is 7.72. The molecule has 0 spiro atoms. The van der Waals surface area contributed by atoms with E-state index in [1.807, 2.05) is 55.5 Å². The molecule has 2 aromatic carbocycles. The molecule has 146 valence electrons. The number of hydrogen-bond donors (Lipinski definition) is 1. The van der Waals surface area contributed by atoms with Crippen LogP contribution in [0.5, 0.6) is 0 Å². The van der Waals surface area contributed by atoms with E-state index >= 15 is 0 Å². The first-order chi connectivity index (χ1) is 14.1. The van der Waals surface area contributed by atoms with Crippen LogP contribution < -0.4 is 5.32 Å². The number of amides is 2. The summed E-state index contributed by atoms with van der Waals surface area (Å²) in [6.45, 7) is 1.84. The molecule has 0 aliphatic carbocycles. The maximum atomic E-state index is 12.9. The van der Waals surface area contributed by atoms with Crippen molar-refractivity contribution in [1.82, 2.24) is 14.9 Å². The number of hydrogen-bond acceptors (Lipinski definition) is 5. The van der Waals surface area contributed by atoms with Gasteiger partial charge in [-0.3, -0.25) is 9.59 Å². The normalized spacial score (nSPS) is 15.9. The van der Waals surface area contributed by atoms with E-state index in [2.05, 4.69) is 15.3 Å². The number of benzene rings is 2. The highest BCUT2D eigenvalue weighted by atomic mass is 32.2. The van der Waals surface area contributed by atoms with Gasteiger partial charge in [0.25, 0.3) is 5.91 Å². The Bertz CT molecular complexity index is 1040. The molecule has 2 amide bonds. The molecular formula is C22H20N4O2S. The third kappa shape index (κ3) is 4.30. The van der Waals surface area contributed by atoms with Crippen LogP contribution in [-0.2, 0) is 4.79 Å². The van der Waals surface area contributed by atoms with Gasteiger partial charge in [0.05, 0.1) is 11.6 Å². The van der Waals surface area contributed by atoms with E-state index in [-0.39, 0.29) is 11.8 Å². The zero-order valence-electron chi connectivity index (χ0n) is 15.9. The molecule has 6 nitrogen and oxygen atoms in total. The molecule has 1 N–H and O–H groups in total. The van der Waals surface area contributed by atoms with Gasteiger partial charge < -0.3 is 10.2 Å². The number of aromatic nitrogens is 2. The largest absolute Gasteiger partial charge is 0.324 e. The Morgan fingerprint density at radius 1 is 1.10 bits per heavy atom. The summed E-state index contributed by atoms with van der Waals surface area (Å²) in [4.78, 5) is 35.9. The monoisotopic (exact) mass is 404 g/mol. The summed E-state index contributed by atoms with van der Waals surface area (Å²) in [6.07, 6.45) is 1.71. The molecule has 1 fully saturated rings. The van der Waals surface area contributed by atoms with Crippen molar-refractivity contribution in [3.8, 4) is 11.3 Å². The average Bonchev–Trinajstić information content (AvgIpc) is 3.24. The van der Waals surface area contributed by atoms with Crippen molar-refractivity contribution in [3.05, 3.63) is 78.2 Å². The highest BCUT2D eigenvalue weighted by Gasteiger charge is 2.35. The molecule has 0 radical (unpaired) electrons. The Labute approximate surface area is 173 Å². The highest BCUT2D eigenvalue weighted by molar-refractivity contribution is 7.99. The molecular weight excluding hydrogens is 384 g/mol. The van der Waals surface area contributed by atoms with Crippen molar-refractivity contribution in [3.63, 3.8) is 0 Å². The number of rotatable bonds is 4. The summed E-state index contributed by atoms with van der Waals surface area (Å²) in [5, 5.41) is 2.96. The summed E-state index contributed by atoms with van der Waals surface area (Å²) in [5.74, 6) is 1.47. The predicted molar refractivity (Wildman–Crippen MR) is 115 cm³/mol. The van der Waals surface area contributed by atoms with E-state index < -0.39 is 6.04 Å². The fourth-order valence-corrected chi connectivity index (χ4v) is 4.36. The molecule has 29 heavy (non-hydrogen) atoms. The van der Waals surface area contributed by atoms with Crippen LogP contribution >= 0.6 is 11.8 Å². The Balaban J connectivity index is 1.50. The van der Waals surface area contributed by atoms with Crippen LogP contribution in [0.2, 0.25) is 0 Å². The minimum atomic E-state index is -0.502. The van der Waals surface area contributed by atoms with E-state index in [4.69, 9.17) is 0 Å². The van der Waals surface area contributed by atoms with Crippen molar-refractivity contribution in [2.24, 2.45) is 0 Å². The van der Waals surface area contributed by atoms with E-state index in [0.717, 1.165) is 11.3 Å². The number of carbonyl (C=O) groups is 2. The summed E-state index contributed by atoms with van der Waals surface area (Å²) in [6, 6.07) is 17.9. The van der Waals surface area contributed by atoms with E-state index in [1.54, 1.807) is 35.0 Å². The van der Waals surface area contributed by atoms with Crippen LogP contribution in [0.4, 0.5) is 5.69 Å². The summed E-state index contributed by atoms with van der Waals surface area (Å²) in [7, 11) is 0. The van der Waals surface area contributed by atoms with E-state index in [1.165, 1.54) is 0 Å². The van der Waals surface area contributed by atoms with Gasteiger partial charge >= 0.3 is 0 Å². The Kier molecular flexibility index (Phi) is 5.57. The predicted octanol–water partition coefficient (Wildman–Crippen LogP) is 3.61. The Morgan fingerprint density at radius 3 is 2.72 bits per heavy atom. The fourth-order valence-electron chi connectivity index (χ4n) is 3.21. The van der Waals surface area contributed by atoms with Crippen LogP contribution in [0, 0.1) is 6.92 Å². The molecule has 1 aliphatic heterocycles. The number of aryl methyl sites for hydroxylation is 1. The van der Waals surface area contributed by atoms with Crippen LogP contribution in [-0.4, -0.2) is 44.4 Å². The first-order valence-electron chi connectivity index (χ1n) is 9.26. The SMILES string of the molecule is Cc1nccc(-c2cccc(NC(=O)[C@@H]3CSCN3C(=O)c3ccccc3)c2)n1. The lowest BCUT2D eigenvalue weighted by Crippen LogP contribution is -2.44. The smallest absolute Gasteiger partial charge is 0.255 e. The first-order valence-corrected chi connectivity index (χ1v) is 10.4. The summed E-state index contributed by atoms with van der Waals surface area (Å²) < 4.78 is 0. The fraction of sp³-hybridized carbons (Fsp3) is 0.182. The number of nitrogens with zero attached hydrogens (tertiary/aromatic N) is 3. The van der Waals surface area contributed by atoms with Gasteiger partial charge in [-0.15, -0.1) is 11.8 Å². The molecule has 7 heteroatoms. The highest BCUT2D eigenvalue weighted by Crippen LogP contribution is 2.25. The third-order valence-corrected chi connectivity index (χ3v) is 5.68. The molecule has 4 rings (SSSR count). The summed E-state index contributed by atoms with van der Waals surface area (Å²) in [5.41, 5.74) is 2.96. The van der Waals surface area contributed by atoms with Gasteiger partial charge in [-0.2, -0.15) is 0 Å². The van der Waals surface area contributed by atoms with E-state index in [9.17, 15) is 9.59 Å². The number of anilines is 1. The second kappa shape index (κ2) is 8.45. The quantitative estimate of drug-likeness (QED) is 0.719. The maximum Gasteiger partial charge on any atom is 0.255 e. The zero-order chi connectivity index (χ0) is 20.2. The molecule has 0 unspecified atom stereocenters.